The van der Waals surface area contributed by atoms with Gasteiger partial charge in [-0.05, 0) is 12.5 Å². The van der Waals surface area contributed by atoms with Gasteiger partial charge in [-0.15, -0.1) is 0 Å². The van der Waals surface area contributed by atoms with E-state index in [1.54, 1.807) is 12.5 Å². The maximum absolute atomic E-state index is 12.2. The number of rotatable bonds is 4. The molecule has 0 atom stereocenters. The maximum atomic E-state index is 12.2. The summed E-state index contributed by atoms with van der Waals surface area (Å²) in [4.78, 5) is 16.3. The molecule has 0 radical (unpaired) electrons. The zero-order chi connectivity index (χ0) is 12.3. The van der Waals surface area contributed by atoms with E-state index in [0.29, 0.717) is 24.3 Å². The van der Waals surface area contributed by atoms with E-state index in [1.807, 2.05) is 35.8 Å². The lowest BCUT2D eigenvalue weighted by Crippen LogP contribution is -2.08. The number of nitrogens with two attached hydrogens (primary N) is 1. The first kappa shape index (κ1) is 11.5. The summed E-state index contributed by atoms with van der Waals surface area (Å²) >= 11 is 0. The highest BCUT2D eigenvalue weighted by Gasteiger charge is 2.13. The zero-order valence-corrected chi connectivity index (χ0v) is 9.76. The Balaban J connectivity index is 2.28. The lowest BCUT2D eigenvalue weighted by Gasteiger charge is -2.01. The van der Waals surface area contributed by atoms with E-state index in [2.05, 4.69) is 4.98 Å². The van der Waals surface area contributed by atoms with Crippen molar-refractivity contribution in [2.24, 2.45) is 5.73 Å². The lowest BCUT2D eigenvalue weighted by molar-refractivity contribution is 0.103. The standard InChI is InChI=1S/C13H15N3O/c1-10-4-2-3-5-11(10)13(17)12-8-16(7-6-14)9-15-12/h2-5,8-9H,6-7,14H2,1H3. The fourth-order valence-corrected chi connectivity index (χ4v) is 1.71. The van der Waals surface area contributed by atoms with Gasteiger partial charge in [0.15, 0.2) is 0 Å². The molecule has 0 bridgehead atoms. The highest BCUT2D eigenvalue weighted by atomic mass is 16.1. The number of imidazole rings is 1. The molecule has 0 fully saturated rings. The van der Waals surface area contributed by atoms with Crippen LogP contribution in [-0.4, -0.2) is 21.9 Å². The smallest absolute Gasteiger partial charge is 0.213 e. The number of hydrogen-bond donors (Lipinski definition) is 1. The van der Waals surface area contributed by atoms with Gasteiger partial charge in [0.2, 0.25) is 5.78 Å². The third-order valence-electron chi connectivity index (χ3n) is 2.64. The van der Waals surface area contributed by atoms with E-state index in [4.69, 9.17) is 5.73 Å². The van der Waals surface area contributed by atoms with Crippen LogP contribution in [0.2, 0.25) is 0 Å². The summed E-state index contributed by atoms with van der Waals surface area (Å²) in [5.74, 6) is -0.0427. The molecule has 1 aromatic heterocycles. The van der Waals surface area contributed by atoms with Gasteiger partial charge >= 0.3 is 0 Å². The van der Waals surface area contributed by atoms with Gasteiger partial charge in [-0.25, -0.2) is 4.98 Å². The van der Waals surface area contributed by atoms with Crippen molar-refractivity contribution in [3.8, 4) is 0 Å². The molecule has 4 nitrogen and oxygen atoms in total. The van der Waals surface area contributed by atoms with Gasteiger partial charge in [0.25, 0.3) is 0 Å². The molecule has 0 aliphatic carbocycles. The Bertz CT molecular complexity index is 531. The second kappa shape index (κ2) is 4.93. The average molecular weight is 229 g/mol. The summed E-state index contributed by atoms with van der Waals surface area (Å²) in [5, 5.41) is 0. The molecule has 2 aromatic rings. The van der Waals surface area contributed by atoms with Gasteiger partial charge in [-0.2, -0.15) is 0 Å². The Kier molecular flexibility index (Phi) is 3.35. The monoisotopic (exact) mass is 229 g/mol. The van der Waals surface area contributed by atoms with Crippen molar-refractivity contribution in [2.75, 3.05) is 6.54 Å². The highest BCUT2D eigenvalue weighted by Crippen LogP contribution is 2.12. The summed E-state index contributed by atoms with van der Waals surface area (Å²) in [5.41, 5.74) is 7.58. The van der Waals surface area contributed by atoms with Gasteiger partial charge < -0.3 is 10.3 Å². The molecule has 2 N–H and O–H groups in total. The first-order chi connectivity index (χ1) is 8.22. The number of benzene rings is 1. The minimum atomic E-state index is -0.0427. The van der Waals surface area contributed by atoms with Crippen molar-refractivity contribution in [3.63, 3.8) is 0 Å². The second-order valence-corrected chi connectivity index (χ2v) is 3.93. The van der Waals surface area contributed by atoms with Crippen molar-refractivity contribution in [1.82, 2.24) is 9.55 Å². The fraction of sp³-hybridized carbons (Fsp3) is 0.231. The maximum Gasteiger partial charge on any atom is 0.213 e. The number of carbonyl (C=O) groups excluding carboxylic acids is 1. The number of carbonyl (C=O) groups is 1. The molecule has 17 heavy (non-hydrogen) atoms. The number of ketones is 1. The van der Waals surface area contributed by atoms with Gasteiger partial charge in [0.1, 0.15) is 5.69 Å². The van der Waals surface area contributed by atoms with Crippen LogP contribution in [0, 0.1) is 6.92 Å². The van der Waals surface area contributed by atoms with E-state index < -0.39 is 0 Å². The predicted molar refractivity (Wildman–Crippen MR) is 65.9 cm³/mol. The summed E-state index contributed by atoms with van der Waals surface area (Å²) < 4.78 is 1.82. The third-order valence-corrected chi connectivity index (χ3v) is 2.64. The molecule has 0 aliphatic rings. The van der Waals surface area contributed by atoms with Gasteiger partial charge in [-0.3, -0.25) is 4.79 Å². The molecule has 0 unspecified atom stereocenters. The van der Waals surface area contributed by atoms with Crippen LogP contribution in [0.4, 0.5) is 0 Å². The zero-order valence-electron chi connectivity index (χ0n) is 9.76. The fourth-order valence-electron chi connectivity index (χ4n) is 1.71. The Morgan fingerprint density at radius 2 is 2.18 bits per heavy atom. The third kappa shape index (κ3) is 2.42. The van der Waals surface area contributed by atoms with Crippen LogP contribution in [0.1, 0.15) is 21.6 Å². The quantitative estimate of drug-likeness (QED) is 0.806. The Labute approximate surface area is 100 Å². The van der Waals surface area contributed by atoms with Crippen LogP contribution < -0.4 is 5.73 Å². The van der Waals surface area contributed by atoms with E-state index in [1.165, 1.54) is 0 Å². The minimum Gasteiger partial charge on any atom is -0.335 e. The molecule has 4 heteroatoms. The first-order valence-electron chi connectivity index (χ1n) is 5.54. The highest BCUT2D eigenvalue weighted by molar-refractivity contribution is 6.08. The number of hydrogen-bond acceptors (Lipinski definition) is 3. The molecule has 88 valence electrons. The molecule has 0 spiro atoms. The predicted octanol–water partition coefficient (Wildman–Crippen LogP) is 1.38. The topological polar surface area (TPSA) is 60.9 Å². The Morgan fingerprint density at radius 1 is 1.41 bits per heavy atom. The minimum absolute atomic E-state index is 0.0427. The molecule has 1 heterocycles. The van der Waals surface area contributed by atoms with Crippen LogP contribution >= 0.6 is 0 Å². The normalized spacial score (nSPS) is 10.5. The van der Waals surface area contributed by atoms with E-state index in [-0.39, 0.29) is 5.78 Å². The van der Waals surface area contributed by atoms with Crippen molar-refractivity contribution >= 4 is 5.78 Å². The molecule has 0 aliphatic heterocycles. The molecule has 0 amide bonds. The average Bonchev–Trinajstić information content (AvgIpc) is 2.78. The van der Waals surface area contributed by atoms with Crippen LogP contribution in [-0.2, 0) is 6.54 Å². The van der Waals surface area contributed by atoms with Crippen LogP contribution in [0.15, 0.2) is 36.8 Å². The molecule has 0 saturated heterocycles. The number of aryl methyl sites for hydroxylation is 1. The Morgan fingerprint density at radius 3 is 2.88 bits per heavy atom. The van der Waals surface area contributed by atoms with Crippen molar-refractivity contribution < 1.29 is 4.79 Å². The SMILES string of the molecule is Cc1ccccc1C(=O)c1cn(CCN)cn1. The molecular weight excluding hydrogens is 214 g/mol. The van der Waals surface area contributed by atoms with E-state index in [0.717, 1.165) is 5.56 Å². The van der Waals surface area contributed by atoms with E-state index in [9.17, 15) is 4.79 Å². The molecule has 1 aromatic carbocycles. The molecule has 0 saturated carbocycles. The first-order valence-corrected chi connectivity index (χ1v) is 5.54. The van der Waals surface area contributed by atoms with Gasteiger partial charge in [0.05, 0.1) is 6.33 Å². The van der Waals surface area contributed by atoms with Gasteiger partial charge in [-0.1, -0.05) is 24.3 Å². The van der Waals surface area contributed by atoms with Crippen LogP contribution in [0.3, 0.4) is 0 Å². The summed E-state index contributed by atoms with van der Waals surface area (Å²) in [6, 6.07) is 7.51. The van der Waals surface area contributed by atoms with E-state index >= 15 is 0 Å². The largest absolute Gasteiger partial charge is 0.335 e. The van der Waals surface area contributed by atoms with Crippen molar-refractivity contribution in [2.45, 2.75) is 13.5 Å². The summed E-state index contributed by atoms with van der Waals surface area (Å²) in [7, 11) is 0. The van der Waals surface area contributed by atoms with Crippen molar-refractivity contribution in [1.29, 1.82) is 0 Å². The molecular formula is C13H15N3O. The second-order valence-electron chi connectivity index (χ2n) is 3.93. The van der Waals surface area contributed by atoms with Crippen LogP contribution in [0.5, 0.6) is 0 Å². The lowest BCUT2D eigenvalue weighted by atomic mass is 10.0. The van der Waals surface area contributed by atoms with Gasteiger partial charge in [0, 0.05) is 24.8 Å². The van der Waals surface area contributed by atoms with Crippen LogP contribution in [0.25, 0.3) is 0 Å². The number of nitrogens with zero attached hydrogens (tertiary/aromatic N) is 2. The van der Waals surface area contributed by atoms with Crippen molar-refractivity contribution in [3.05, 3.63) is 53.6 Å². The Hall–Kier alpha value is -1.94. The summed E-state index contributed by atoms with van der Waals surface area (Å²) in [6.07, 6.45) is 3.38. The molecule has 2 rings (SSSR count). The summed E-state index contributed by atoms with van der Waals surface area (Å²) in [6.45, 7) is 3.13. The number of aromatic nitrogens is 2.